The Kier molecular flexibility index (Phi) is 2.26. The monoisotopic (exact) mass is 210 g/mol. The highest BCUT2D eigenvalue weighted by molar-refractivity contribution is 5.92. The molecule has 0 aromatic rings. The number of Topliss-reactive ketones (excluding diaryl/α,β-unsaturated/α-hetero) is 2. The van der Waals surface area contributed by atoms with Gasteiger partial charge in [-0.25, -0.2) is 0 Å². The van der Waals surface area contributed by atoms with Crippen LogP contribution in [0.2, 0.25) is 0 Å². The Bertz CT molecular complexity index is 323. The van der Waals surface area contributed by atoms with Crippen LogP contribution in [0.15, 0.2) is 0 Å². The maximum atomic E-state index is 12.0. The molecule has 2 aliphatic rings. The standard InChI is InChI=1S/C12H18O3/c1-11-7-5-8(13)10(15)12(11,2)6-3-4-9(11)14/h10,15H,3-7H2,1-2H3/t10?,11-,12-/m1/s1. The van der Waals surface area contributed by atoms with Crippen LogP contribution < -0.4 is 0 Å². The molecule has 2 aliphatic carbocycles. The highest BCUT2D eigenvalue weighted by Gasteiger charge is 2.59. The van der Waals surface area contributed by atoms with Gasteiger partial charge < -0.3 is 5.11 Å². The third-order valence-electron chi connectivity index (χ3n) is 4.76. The lowest BCUT2D eigenvalue weighted by molar-refractivity contribution is -0.168. The second-order valence-corrected chi connectivity index (χ2v) is 5.40. The van der Waals surface area contributed by atoms with Crippen molar-refractivity contribution in [2.45, 2.75) is 52.1 Å². The predicted octanol–water partition coefficient (Wildman–Crippen LogP) is 1.48. The lowest BCUT2D eigenvalue weighted by atomic mass is 9.50. The normalized spacial score (nSPS) is 46.5. The molecule has 1 N–H and O–H groups in total. The smallest absolute Gasteiger partial charge is 0.161 e. The van der Waals surface area contributed by atoms with Crippen LogP contribution in [0.25, 0.3) is 0 Å². The van der Waals surface area contributed by atoms with Crippen molar-refractivity contribution in [1.29, 1.82) is 0 Å². The molecule has 2 saturated carbocycles. The molecular formula is C12H18O3. The van der Waals surface area contributed by atoms with E-state index in [1.165, 1.54) is 0 Å². The van der Waals surface area contributed by atoms with Gasteiger partial charge in [-0.05, 0) is 19.3 Å². The SMILES string of the molecule is C[C@]12CCC(=O)C(O)[C@@]1(C)CCCC2=O. The Morgan fingerprint density at radius 2 is 1.87 bits per heavy atom. The zero-order valence-corrected chi connectivity index (χ0v) is 9.38. The number of ketones is 2. The third-order valence-corrected chi connectivity index (χ3v) is 4.76. The van der Waals surface area contributed by atoms with Crippen LogP contribution in [0.5, 0.6) is 0 Å². The van der Waals surface area contributed by atoms with E-state index in [0.717, 1.165) is 12.8 Å². The largest absolute Gasteiger partial charge is 0.385 e. The van der Waals surface area contributed by atoms with Crippen molar-refractivity contribution in [2.75, 3.05) is 0 Å². The van der Waals surface area contributed by atoms with Gasteiger partial charge in [0.2, 0.25) is 0 Å². The van der Waals surface area contributed by atoms with E-state index in [1.54, 1.807) is 0 Å². The lowest BCUT2D eigenvalue weighted by Gasteiger charge is -2.53. The summed E-state index contributed by atoms with van der Waals surface area (Å²) >= 11 is 0. The van der Waals surface area contributed by atoms with Gasteiger partial charge in [0, 0.05) is 23.7 Å². The average molecular weight is 210 g/mol. The summed E-state index contributed by atoms with van der Waals surface area (Å²) in [5.74, 6) is 0.132. The number of hydrogen-bond acceptors (Lipinski definition) is 3. The van der Waals surface area contributed by atoms with E-state index >= 15 is 0 Å². The number of hydrogen-bond donors (Lipinski definition) is 1. The number of rotatable bonds is 0. The minimum atomic E-state index is -0.944. The van der Waals surface area contributed by atoms with Gasteiger partial charge in [-0.15, -0.1) is 0 Å². The first kappa shape index (κ1) is 10.8. The van der Waals surface area contributed by atoms with Crippen molar-refractivity contribution in [2.24, 2.45) is 10.8 Å². The maximum Gasteiger partial charge on any atom is 0.161 e. The molecule has 0 aromatic carbocycles. The number of fused-ring (bicyclic) bond motifs is 1. The topological polar surface area (TPSA) is 54.4 Å². The van der Waals surface area contributed by atoms with Gasteiger partial charge in [-0.1, -0.05) is 13.8 Å². The van der Waals surface area contributed by atoms with Crippen molar-refractivity contribution in [3.63, 3.8) is 0 Å². The lowest BCUT2D eigenvalue weighted by Crippen LogP contribution is -2.58. The molecule has 0 radical (unpaired) electrons. The first-order chi connectivity index (χ1) is 6.92. The number of aliphatic hydroxyl groups excluding tert-OH is 1. The van der Waals surface area contributed by atoms with Crippen LogP contribution in [0.1, 0.15) is 46.0 Å². The molecule has 15 heavy (non-hydrogen) atoms. The highest BCUT2D eigenvalue weighted by atomic mass is 16.3. The molecule has 3 atom stereocenters. The number of carbonyl (C=O) groups excluding carboxylic acids is 2. The van der Waals surface area contributed by atoms with Crippen LogP contribution in [0, 0.1) is 10.8 Å². The Labute approximate surface area is 89.9 Å². The van der Waals surface area contributed by atoms with Crippen LogP contribution >= 0.6 is 0 Å². The summed E-state index contributed by atoms with van der Waals surface area (Å²) in [4.78, 5) is 23.5. The van der Waals surface area contributed by atoms with Crippen LogP contribution in [0.4, 0.5) is 0 Å². The fourth-order valence-electron chi connectivity index (χ4n) is 3.22. The predicted molar refractivity (Wildman–Crippen MR) is 55.3 cm³/mol. The second kappa shape index (κ2) is 3.14. The Hall–Kier alpha value is -0.700. The minimum absolute atomic E-state index is 0.0929. The van der Waals surface area contributed by atoms with Crippen molar-refractivity contribution in [1.82, 2.24) is 0 Å². The molecule has 0 bridgehead atoms. The summed E-state index contributed by atoms with van der Waals surface area (Å²) in [5.41, 5.74) is -1.02. The summed E-state index contributed by atoms with van der Waals surface area (Å²) in [7, 11) is 0. The average Bonchev–Trinajstić information content (AvgIpc) is 2.20. The highest BCUT2D eigenvalue weighted by Crippen LogP contribution is 2.55. The molecule has 0 spiro atoms. The molecule has 1 unspecified atom stereocenters. The van der Waals surface area contributed by atoms with Crippen LogP contribution in [-0.2, 0) is 9.59 Å². The number of aliphatic hydroxyl groups is 1. The van der Waals surface area contributed by atoms with Gasteiger partial charge >= 0.3 is 0 Å². The fourth-order valence-corrected chi connectivity index (χ4v) is 3.22. The summed E-state index contributed by atoms with van der Waals surface area (Å²) < 4.78 is 0. The first-order valence-corrected chi connectivity index (χ1v) is 5.66. The van der Waals surface area contributed by atoms with E-state index in [9.17, 15) is 14.7 Å². The summed E-state index contributed by atoms with van der Waals surface area (Å²) in [6.45, 7) is 3.82. The van der Waals surface area contributed by atoms with E-state index in [4.69, 9.17) is 0 Å². The van der Waals surface area contributed by atoms with Crippen molar-refractivity contribution < 1.29 is 14.7 Å². The number of carbonyl (C=O) groups is 2. The summed E-state index contributed by atoms with van der Waals surface area (Å²) in [6.07, 6.45) is 2.20. The van der Waals surface area contributed by atoms with E-state index in [0.29, 0.717) is 19.3 Å². The molecule has 0 saturated heterocycles. The molecular weight excluding hydrogens is 192 g/mol. The summed E-state index contributed by atoms with van der Waals surface area (Å²) in [5, 5.41) is 10.0. The Morgan fingerprint density at radius 3 is 2.53 bits per heavy atom. The van der Waals surface area contributed by atoms with Crippen molar-refractivity contribution in [3.8, 4) is 0 Å². The van der Waals surface area contributed by atoms with Crippen molar-refractivity contribution >= 4 is 11.6 Å². The zero-order valence-electron chi connectivity index (χ0n) is 9.38. The fraction of sp³-hybridized carbons (Fsp3) is 0.833. The van der Waals surface area contributed by atoms with Gasteiger partial charge in [0.1, 0.15) is 11.9 Å². The van der Waals surface area contributed by atoms with E-state index in [-0.39, 0.29) is 11.6 Å². The molecule has 0 amide bonds. The molecule has 2 rings (SSSR count). The Morgan fingerprint density at radius 1 is 1.20 bits per heavy atom. The quantitative estimate of drug-likeness (QED) is 0.658. The van der Waals surface area contributed by atoms with Crippen molar-refractivity contribution in [3.05, 3.63) is 0 Å². The Balaban J connectivity index is 2.44. The first-order valence-electron chi connectivity index (χ1n) is 5.66. The van der Waals surface area contributed by atoms with Gasteiger partial charge in [0.05, 0.1) is 0 Å². The van der Waals surface area contributed by atoms with Crippen LogP contribution in [0.3, 0.4) is 0 Å². The molecule has 3 heteroatoms. The molecule has 0 heterocycles. The molecule has 84 valence electrons. The summed E-state index contributed by atoms with van der Waals surface area (Å²) in [6, 6.07) is 0. The third kappa shape index (κ3) is 1.22. The molecule has 0 aliphatic heterocycles. The maximum absolute atomic E-state index is 12.0. The van der Waals surface area contributed by atoms with Gasteiger partial charge in [-0.2, -0.15) is 0 Å². The molecule has 3 nitrogen and oxygen atoms in total. The van der Waals surface area contributed by atoms with E-state index in [1.807, 2.05) is 13.8 Å². The zero-order chi connectivity index (χ0) is 11.3. The minimum Gasteiger partial charge on any atom is -0.385 e. The van der Waals surface area contributed by atoms with Gasteiger partial charge in [-0.3, -0.25) is 9.59 Å². The van der Waals surface area contributed by atoms with E-state index in [2.05, 4.69) is 0 Å². The van der Waals surface area contributed by atoms with Crippen LogP contribution in [-0.4, -0.2) is 22.8 Å². The van der Waals surface area contributed by atoms with E-state index < -0.39 is 16.9 Å². The molecule has 2 fully saturated rings. The molecule has 0 aromatic heterocycles. The van der Waals surface area contributed by atoms with Gasteiger partial charge in [0.15, 0.2) is 5.78 Å². The second-order valence-electron chi connectivity index (χ2n) is 5.40. The van der Waals surface area contributed by atoms with Gasteiger partial charge in [0.25, 0.3) is 0 Å².